The first kappa shape index (κ1) is 15.9. The Balaban J connectivity index is 1.77. The molecule has 2 aromatic rings. The second kappa shape index (κ2) is 6.62. The molecule has 3 rings (SSSR count). The molecule has 2 amide bonds. The van der Waals surface area contributed by atoms with E-state index >= 15 is 0 Å². The smallest absolute Gasteiger partial charge is 0.265 e. The summed E-state index contributed by atoms with van der Waals surface area (Å²) in [4.78, 5) is 24.3. The van der Waals surface area contributed by atoms with Crippen molar-refractivity contribution in [3.05, 3.63) is 60.2 Å². The van der Waals surface area contributed by atoms with Gasteiger partial charge < -0.3 is 20.5 Å². The van der Waals surface area contributed by atoms with Crippen LogP contribution >= 0.6 is 0 Å². The van der Waals surface area contributed by atoms with Crippen LogP contribution in [0.1, 0.15) is 18.5 Å². The lowest BCUT2D eigenvalue weighted by molar-refractivity contribution is -0.136. The third-order valence-corrected chi connectivity index (χ3v) is 3.80. The largest absolute Gasteiger partial charge is 0.482 e. The maximum Gasteiger partial charge on any atom is 0.265 e. The van der Waals surface area contributed by atoms with Crippen molar-refractivity contribution >= 4 is 11.8 Å². The Morgan fingerprint density at radius 3 is 2.21 bits per heavy atom. The van der Waals surface area contributed by atoms with Crippen LogP contribution in [-0.2, 0) is 9.59 Å². The maximum atomic E-state index is 12.6. The molecule has 1 heterocycles. The standard InChI is InChI=1S/C18H18N2O4/c1-11-16(24-14-10-6-5-9-13(14)23-11)18(22)20-15(17(19)21)12-7-3-2-4-8-12/h2-11,15-16H,1H3,(H2,19,21)(H,20,22)/t11-,15+,16+/m0/s1. The molecule has 3 atom stereocenters. The third kappa shape index (κ3) is 3.17. The highest BCUT2D eigenvalue weighted by molar-refractivity contribution is 5.90. The van der Waals surface area contributed by atoms with E-state index in [0.29, 0.717) is 17.1 Å². The third-order valence-electron chi connectivity index (χ3n) is 3.80. The fourth-order valence-electron chi connectivity index (χ4n) is 2.59. The van der Waals surface area contributed by atoms with Gasteiger partial charge in [0.1, 0.15) is 12.1 Å². The van der Waals surface area contributed by atoms with E-state index < -0.39 is 30.1 Å². The number of carbonyl (C=O) groups excluding carboxylic acids is 2. The van der Waals surface area contributed by atoms with Crippen LogP contribution in [0.3, 0.4) is 0 Å². The van der Waals surface area contributed by atoms with Gasteiger partial charge in [-0.1, -0.05) is 42.5 Å². The van der Waals surface area contributed by atoms with E-state index in [0.717, 1.165) is 0 Å². The summed E-state index contributed by atoms with van der Waals surface area (Å²) in [6.45, 7) is 1.74. The summed E-state index contributed by atoms with van der Waals surface area (Å²) in [5, 5.41) is 2.65. The zero-order valence-corrected chi connectivity index (χ0v) is 13.1. The molecule has 0 fully saturated rings. The van der Waals surface area contributed by atoms with E-state index in [-0.39, 0.29) is 0 Å². The van der Waals surface area contributed by atoms with Gasteiger partial charge >= 0.3 is 0 Å². The Morgan fingerprint density at radius 2 is 1.58 bits per heavy atom. The van der Waals surface area contributed by atoms with Gasteiger partial charge in [0, 0.05) is 0 Å². The van der Waals surface area contributed by atoms with Crippen molar-refractivity contribution in [1.29, 1.82) is 0 Å². The molecule has 0 radical (unpaired) electrons. The molecule has 0 aliphatic carbocycles. The van der Waals surface area contributed by atoms with E-state index in [2.05, 4.69) is 5.32 Å². The Morgan fingerprint density at radius 1 is 1.00 bits per heavy atom. The van der Waals surface area contributed by atoms with Gasteiger partial charge in [0.15, 0.2) is 11.5 Å². The molecule has 0 bridgehead atoms. The maximum absolute atomic E-state index is 12.6. The summed E-state index contributed by atoms with van der Waals surface area (Å²) in [6, 6.07) is 15.0. The zero-order valence-electron chi connectivity index (χ0n) is 13.1. The molecule has 0 unspecified atom stereocenters. The lowest BCUT2D eigenvalue weighted by Gasteiger charge is -2.31. The number of rotatable bonds is 4. The fraction of sp³-hybridized carbons (Fsp3) is 0.222. The van der Waals surface area contributed by atoms with Crippen LogP contribution in [0.15, 0.2) is 54.6 Å². The average molecular weight is 326 g/mol. The molecule has 0 saturated heterocycles. The Kier molecular flexibility index (Phi) is 4.37. The molecule has 1 aliphatic rings. The minimum atomic E-state index is -0.924. The first-order chi connectivity index (χ1) is 11.6. The molecular formula is C18H18N2O4. The Labute approximate surface area is 139 Å². The minimum absolute atomic E-state index is 0.454. The molecule has 6 nitrogen and oxygen atoms in total. The number of primary amides is 1. The number of ether oxygens (including phenoxy) is 2. The number of amides is 2. The number of hydrogen-bond acceptors (Lipinski definition) is 4. The van der Waals surface area contributed by atoms with Crippen molar-refractivity contribution in [2.45, 2.75) is 25.2 Å². The normalized spacial score (nSPS) is 20.0. The monoisotopic (exact) mass is 326 g/mol. The molecule has 0 aromatic heterocycles. The number of nitrogens with two attached hydrogens (primary N) is 1. The quantitative estimate of drug-likeness (QED) is 0.892. The van der Waals surface area contributed by atoms with Crippen molar-refractivity contribution in [2.75, 3.05) is 0 Å². The zero-order chi connectivity index (χ0) is 17.1. The summed E-state index contributed by atoms with van der Waals surface area (Å²) in [5.74, 6) is -0.0152. The highest BCUT2D eigenvalue weighted by Gasteiger charge is 2.35. The highest BCUT2D eigenvalue weighted by Crippen LogP contribution is 2.33. The second-order valence-electron chi connectivity index (χ2n) is 5.56. The number of benzene rings is 2. The van der Waals surface area contributed by atoms with Crippen molar-refractivity contribution in [1.82, 2.24) is 5.32 Å². The van der Waals surface area contributed by atoms with E-state index in [1.807, 2.05) is 12.1 Å². The van der Waals surface area contributed by atoms with Gasteiger partial charge in [-0.25, -0.2) is 0 Å². The van der Waals surface area contributed by atoms with E-state index in [4.69, 9.17) is 15.2 Å². The SMILES string of the molecule is C[C@@H]1Oc2ccccc2O[C@H]1C(=O)N[C@@H](C(N)=O)c1ccccc1. The van der Waals surface area contributed by atoms with E-state index in [1.54, 1.807) is 49.4 Å². The lowest BCUT2D eigenvalue weighted by Crippen LogP contribution is -2.51. The first-order valence-electron chi connectivity index (χ1n) is 7.63. The molecule has 6 heteroatoms. The van der Waals surface area contributed by atoms with Gasteiger partial charge in [0.2, 0.25) is 12.0 Å². The highest BCUT2D eigenvalue weighted by atomic mass is 16.6. The van der Waals surface area contributed by atoms with Crippen molar-refractivity contribution < 1.29 is 19.1 Å². The van der Waals surface area contributed by atoms with Gasteiger partial charge in [-0.15, -0.1) is 0 Å². The van der Waals surface area contributed by atoms with E-state index in [1.165, 1.54) is 0 Å². The molecule has 124 valence electrons. The van der Waals surface area contributed by atoms with Crippen LogP contribution in [0.5, 0.6) is 11.5 Å². The first-order valence-corrected chi connectivity index (χ1v) is 7.63. The fourth-order valence-corrected chi connectivity index (χ4v) is 2.59. The molecule has 2 aromatic carbocycles. The minimum Gasteiger partial charge on any atom is -0.482 e. The van der Waals surface area contributed by atoms with Gasteiger partial charge in [0.05, 0.1) is 0 Å². The summed E-state index contributed by atoms with van der Waals surface area (Å²) >= 11 is 0. The average Bonchev–Trinajstić information content (AvgIpc) is 2.59. The summed E-state index contributed by atoms with van der Waals surface area (Å²) in [6.07, 6.45) is -1.37. The topological polar surface area (TPSA) is 90.7 Å². The number of carbonyl (C=O) groups is 2. The molecule has 0 spiro atoms. The van der Waals surface area contributed by atoms with E-state index in [9.17, 15) is 9.59 Å². The molecular weight excluding hydrogens is 308 g/mol. The van der Waals surface area contributed by atoms with Crippen molar-refractivity contribution in [3.8, 4) is 11.5 Å². The van der Waals surface area contributed by atoms with Crippen LogP contribution in [0.25, 0.3) is 0 Å². The van der Waals surface area contributed by atoms with Gasteiger partial charge in [-0.05, 0) is 24.6 Å². The summed E-state index contributed by atoms with van der Waals surface area (Å²) in [7, 11) is 0. The van der Waals surface area contributed by atoms with Crippen LogP contribution in [-0.4, -0.2) is 24.0 Å². The molecule has 1 aliphatic heterocycles. The number of fused-ring (bicyclic) bond motifs is 1. The van der Waals surface area contributed by atoms with Crippen LogP contribution in [0.4, 0.5) is 0 Å². The Hall–Kier alpha value is -3.02. The number of nitrogens with one attached hydrogen (secondary N) is 1. The van der Waals surface area contributed by atoms with Crippen LogP contribution in [0, 0.1) is 0 Å². The molecule has 24 heavy (non-hydrogen) atoms. The second-order valence-corrected chi connectivity index (χ2v) is 5.56. The van der Waals surface area contributed by atoms with Crippen LogP contribution < -0.4 is 20.5 Å². The van der Waals surface area contributed by atoms with Gasteiger partial charge in [0.25, 0.3) is 5.91 Å². The van der Waals surface area contributed by atoms with Gasteiger partial charge in [-0.3, -0.25) is 9.59 Å². The summed E-state index contributed by atoms with van der Waals surface area (Å²) < 4.78 is 11.4. The lowest BCUT2D eigenvalue weighted by atomic mass is 10.1. The summed E-state index contributed by atoms with van der Waals surface area (Å²) in [5.41, 5.74) is 6.05. The predicted molar refractivity (Wildman–Crippen MR) is 87.5 cm³/mol. The van der Waals surface area contributed by atoms with Crippen molar-refractivity contribution in [3.63, 3.8) is 0 Å². The van der Waals surface area contributed by atoms with Crippen LogP contribution in [0.2, 0.25) is 0 Å². The molecule has 3 N–H and O–H groups in total. The van der Waals surface area contributed by atoms with Gasteiger partial charge in [-0.2, -0.15) is 0 Å². The Bertz CT molecular complexity index is 748. The predicted octanol–water partition coefficient (Wildman–Crippen LogP) is 1.56. The number of para-hydroxylation sites is 2. The van der Waals surface area contributed by atoms with Crippen molar-refractivity contribution in [2.24, 2.45) is 5.73 Å². The molecule has 0 saturated carbocycles. The number of hydrogen-bond donors (Lipinski definition) is 2.